The highest BCUT2D eigenvalue weighted by molar-refractivity contribution is 5.84. The summed E-state index contributed by atoms with van der Waals surface area (Å²) in [5, 5.41) is 44.6. The number of pyridine rings is 1. The molecule has 0 aliphatic rings. The molecule has 0 amide bonds. The number of carbonyl (C=O) groups is 3. The van der Waals surface area contributed by atoms with E-state index in [-0.39, 0.29) is 18.8 Å². The van der Waals surface area contributed by atoms with E-state index < -0.39 is 24.1 Å². The quantitative estimate of drug-likeness (QED) is 0.138. The summed E-state index contributed by atoms with van der Waals surface area (Å²) in [6.45, 7) is 1.88. The molecular weight excluding hydrogens is 458 g/mol. The SMILES string of the molecule is CCC(N=NCC(C(=O)O)[n+]1cn(C(=O)O)c2ccccc21)=NN=c1ccn(CCC(=O)O)cc1. The summed E-state index contributed by atoms with van der Waals surface area (Å²) in [7, 11) is 0. The number of fused-ring (bicyclic) bond motifs is 1. The number of rotatable bonds is 9. The van der Waals surface area contributed by atoms with Crippen LogP contribution in [0, 0.1) is 0 Å². The van der Waals surface area contributed by atoms with Crippen LogP contribution in [0.4, 0.5) is 4.79 Å². The molecule has 13 heteroatoms. The van der Waals surface area contributed by atoms with E-state index in [9.17, 15) is 24.6 Å². The molecule has 2 heterocycles. The molecule has 0 bridgehead atoms. The van der Waals surface area contributed by atoms with Crippen molar-refractivity contribution < 1.29 is 34.3 Å². The van der Waals surface area contributed by atoms with E-state index in [1.54, 1.807) is 60.3 Å². The van der Waals surface area contributed by atoms with Crippen LogP contribution in [0.1, 0.15) is 25.8 Å². The van der Waals surface area contributed by atoms with Gasteiger partial charge in [-0.15, -0.1) is 19.9 Å². The molecule has 0 fully saturated rings. The molecule has 3 N–H and O–H groups in total. The Hall–Kier alpha value is -4.68. The van der Waals surface area contributed by atoms with E-state index in [2.05, 4.69) is 20.4 Å². The lowest BCUT2D eigenvalue weighted by molar-refractivity contribution is -0.683. The molecule has 1 unspecified atom stereocenters. The van der Waals surface area contributed by atoms with Gasteiger partial charge in [-0.25, -0.2) is 9.36 Å². The largest absolute Gasteiger partial charge is 0.509 e. The first-order valence-electron chi connectivity index (χ1n) is 10.6. The van der Waals surface area contributed by atoms with Crippen LogP contribution < -0.4 is 9.92 Å². The van der Waals surface area contributed by atoms with Gasteiger partial charge in [-0.2, -0.15) is 9.91 Å². The third-order valence-corrected chi connectivity index (χ3v) is 4.98. The van der Waals surface area contributed by atoms with E-state index in [0.717, 1.165) is 4.57 Å². The Morgan fingerprint density at radius 2 is 1.77 bits per heavy atom. The van der Waals surface area contributed by atoms with Crippen LogP contribution in [0.15, 0.2) is 75.6 Å². The summed E-state index contributed by atoms with van der Waals surface area (Å²) in [6, 6.07) is 8.72. The number of carboxylic acids is 2. The van der Waals surface area contributed by atoms with E-state index >= 15 is 0 Å². The second kappa shape index (κ2) is 11.4. The Kier molecular flexibility index (Phi) is 8.16. The first-order valence-corrected chi connectivity index (χ1v) is 10.6. The number of nitrogens with zero attached hydrogens (tertiary/aromatic N) is 7. The number of aliphatic carboxylic acids is 2. The topological polar surface area (TPSA) is 175 Å². The lowest BCUT2D eigenvalue weighted by Gasteiger charge is -2.06. The van der Waals surface area contributed by atoms with Crippen LogP contribution in [-0.2, 0) is 16.1 Å². The van der Waals surface area contributed by atoms with Gasteiger partial charge in [0.15, 0.2) is 16.9 Å². The number of para-hydroxylation sites is 2. The maximum Gasteiger partial charge on any atom is 0.509 e. The van der Waals surface area contributed by atoms with Gasteiger partial charge in [-0.3, -0.25) is 4.79 Å². The molecule has 1 atom stereocenters. The summed E-state index contributed by atoms with van der Waals surface area (Å²) in [5.74, 6) is -1.80. The first kappa shape index (κ1) is 25.0. The molecule has 0 radical (unpaired) electrons. The zero-order valence-electron chi connectivity index (χ0n) is 18.8. The maximum atomic E-state index is 11.9. The number of amidine groups is 1. The second-order valence-corrected chi connectivity index (χ2v) is 7.35. The monoisotopic (exact) mass is 482 g/mol. The van der Waals surface area contributed by atoms with E-state index in [1.165, 1.54) is 10.9 Å². The highest BCUT2D eigenvalue weighted by atomic mass is 16.4. The fourth-order valence-electron chi connectivity index (χ4n) is 3.19. The van der Waals surface area contributed by atoms with Crippen LogP contribution in [0.25, 0.3) is 11.0 Å². The van der Waals surface area contributed by atoms with Crippen molar-refractivity contribution in [3.05, 3.63) is 60.5 Å². The lowest BCUT2D eigenvalue weighted by Crippen LogP contribution is -2.45. The molecule has 3 aromatic rings. The average Bonchev–Trinajstić information content (AvgIpc) is 3.22. The van der Waals surface area contributed by atoms with Crippen molar-refractivity contribution in [3.8, 4) is 0 Å². The normalized spacial score (nSPS) is 12.7. The summed E-state index contributed by atoms with van der Waals surface area (Å²) in [4.78, 5) is 34.1. The Morgan fingerprint density at radius 3 is 2.40 bits per heavy atom. The Morgan fingerprint density at radius 1 is 1.06 bits per heavy atom. The van der Waals surface area contributed by atoms with Crippen LogP contribution in [0.5, 0.6) is 0 Å². The van der Waals surface area contributed by atoms with Gasteiger partial charge in [0.25, 0.3) is 6.33 Å². The highest BCUT2D eigenvalue weighted by Crippen LogP contribution is 2.14. The van der Waals surface area contributed by atoms with Crippen molar-refractivity contribution in [1.29, 1.82) is 0 Å². The minimum absolute atomic E-state index is 0.00608. The molecule has 0 aliphatic carbocycles. The standard InChI is InChI=1S/C22H23N7O6/c1-2-19(26-24-15-7-10-27(11-8-15)12-9-20(30)31)25-23-13-18(21(32)33)28-14-29(22(34)35)17-6-4-3-5-16(17)28/h3-8,10-11,14,18H,2,9,12-13H2,1H3,(H2-,30,31,32,33,34,35)/p+1. The van der Waals surface area contributed by atoms with Crippen molar-refractivity contribution in [3.63, 3.8) is 0 Å². The van der Waals surface area contributed by atoms with Gasteiger partial charge in [-0.05, 0) is 24.3 Å². The third kappa shape index (κ3) is 6.43. The highest BCUT2D eigenvalue weighted by Gasteiger charge is 2.30. The van der Waals surface area contributed by atoms with Gasteiger partial charge in [0, 0.05) is 25.4 Å². The average molecular weight is 482 g/mol. The number of aryl methyl sites for hydroxylation is 1. The lowest BCUT2D eigenvalue weighted by atomic mass is 10.2. The van der Waals surface area contributed by atoms with Crippen molar-refractivity contribution in [2.24, 2.45) is 20.4 Å². The van der Waals surface area contributed by atoms with Crippen molar-refractivity contribution in [2.75, 3.05) is 6.54 Å². The number of carboxylic acid groups (broad SMARTS) is 3. The molecule has 35 heavy (non-hydrogen) atoms. The number of aromatic nitrogens is 3. The molecule has 0 saturated heterocycles. The van der Waals surface area contributed by atoms with Crippen molar-refractivity contribution in [1.82, 2.24) is 9.13 Å². The minimum Gasteiger partial charge on any atom is -0.481 e. The smallest absolute Gasteiger partial charge is 0.481 e. The van der Waals surface area contributed by atoms with Gasteiger partial charge < -0.3 is 19.9 Å². The van der Waals surface area contributed by atoms with Crippen LogP contribution in [0.2, 0.25) is 0 Å². The third-order valence-electron chi connectivity index (χ3n) is 4.98. The van der Waals surface area contributed by atoms with Gasteiger partial charge in [0.1, 0.15) is 6.54 Å². The molecule has 2 aromatic heterocycles. The molecule has 182 valence electrons. The summed E-state index contributed by atoms with van der Waals surface area (Å²) in [5.41, 5.74) is 0.784. The molecule has 3 rings (SSSR count). The maximum absolute atomic E-state index is 11.9. The molecule has 0 aliphatic heterocycles. The Labute approximate surface area is 198 Å². The van der Waals surface area contributed by atoms with E-state index in [1.807, 2.05) is 0 Å². The van der Waals surface area contributed by atoms with Crippen LogP contribution in [0.3, 0.4) is 0 Å². The molecule has 1 aromatic carbocycles. The predicted molar refractivity (Wildman–Crippen MR) is 122 cm³/mol. The van der Waals surface area contributed by atoms with Crippen LogP contribution >= 0.6 is 0 Å². The van der Waals surface area contributed by atoms with Gasteiger partial charge >= 0.3 is 18.0 Å². The minimum atomic E-state index is -1.24. The van der Waals surface area contributed by atoms with Gasteiger partial charge in [0.2, 0.25) is 6.04 Å². The van der Waals surface area contributed by atoms with Crippen molar-refractivity contribution in [2.45, 2.75) is 32.4 Å². The number of hydrogen-bond acceptors (Lipinski definition) is 6. The predicted octanol–water partition coefficient (Wildman–Crippen LogP) is 2.13. The number of hydrogen-bond donors (Lipinski definition) is 3. The molecule has 0 saturated carbocycles. The molecule has 13 nitrogen and oxygen atoms in total. The zero-order chi connectivity index (χ0) is 25.4. The Bertz CT molecular complexity index is 1350. The van der Waals surface area contributed by atoms with E-state index in [0.29, 0.717) is 29.4 Å². The fourth-order valence-corrected chi connectivity index (χ4v) is 3.19. The van der Waals surface area contributed by atoms with Crippen molar-refractivity contribution >= 4 is 34.9 Å². The Balaban J connectivity index is 1.78. The molecular formula is C22H24N7O6+. The second-order valence-electron chi connectivity index (χ2n) is 7.35. The summed E-state index contributed by atoms with van der Waals surface area (Å²) >= 11 is 0. The summed E-state index contributed by atoms with van der Waals surface area (Å²) < 4.78 is 4.00. The first-order chi connectivity index (χ1) is 16.8. The van der Waals surface area contributed by atoms with Gasteiger partial charge in [-0.1, -0.05) is 19.1 Å². The van der Waals surface area contributed by atoms with Crippen LogP contribution in [-0.4, -0.2) is 54.9 Å². The van der Waals surface area contributed by atoms with E-state index in [4.69, 9.17) is 5.11 Å². The number of benzene rings is 1. The zero-order valence-corrected chi connectivity index (χ0v) is 18.8. The van der Waals surface area contributed by atoms with Gasteiger partial charge in [0.05, 0.1) is 11.8 Å². The fraction of sp³-hybridized carbons (Fsp3) is 0.273. The number of azo groups is 1. The molecule has 0 spiro atoms. The summed E-state index contributed by atoms with van der Waals surface area (Å²) in [6.07, 6.45) is 3.75. The number of imidazole rings is 1.